The molecule has 3 aromatic rings. The highest BCUT2D eigenvalue weighted by Gasteiger charge is 2.23. The zero-order valence-electron chi connectivity index (χ0n) is 18.8. The highest BCUT2D eigenvalue weighted by Crippen LogP contribution is 2.25. The fraction of sp³-hybridized carbons (Fsp3) is 0.500. The highest BCUT2D eigenvalue weighted by atomic mass is 16.3. The van der Waals surface area contributed by atoms with Gasteiger partial charge in [0.1, 0.15) is 11.4 Å². The molecule has 1 unspecified atom stereocenters. The Kier molecular flexibility index (Phi) is 6.43. The number of piperidine rings is 1. The molecule has 1 aliphatic rings. The number of nitrogens with one attached hydrogen (secondary N) is 1. The zero-order valence-corrected chi connectivity index (χ0v) is 18.8. The van der Waals surface area contributed by atoms with Crippen LogP contribution in [0.3, 0.4) is 0 Å². The Hall–Kier alpha value is -2.64. The number of hydrogen-bond acceptors (Lipinski definition) is 6. The van der Waals surface area contributed by atoms with E-state index in [1.165, 1.54) is 0 Å². The summed E-state index contributed by atoms with van der Waals surface area (Å²) < 4.78 is 2.12. The van der Waals surface area contributed by atoms with Gasteiger partial charge in [0.25, 0.3) is 0 Å². The molecule has 0 bridgehead atoms. The molecule has 0 spiro atoms. The maximum absolute atomic E-state index is 10.3. The van der Waals surface area contributed by atoms with E-state index in [1.54, 1.807) is 6.07 Å². The number of imidazole rings is 1. The van der Waals surface area contributed by atoms with Gasteiger partial charge in [-0.05, 0) is 49.9 Å². The molecule has 1 fully saturated rings. The zero-order chi connectivity index (χ0) is 22.0. The Balaban J connectivity index is 1.51. The van der Waals surface area contributed by atoms with Crippen LogP contribution in [-0.4, -0.2) is 56.3 Å². The summed E-state index contributed by atoms with van der Waals surface area (Å²) in [6.45, 7) is 9.82. The minimum absolute atomic E-state index is 0.212. The summed E-state index contributed by atoms with van der Waals surface area (Å²) in [5.41, 5.74) is 9.79. The number of pyridine rings is 1. The summed E-state index contributed by atoms with van der Waals surface area (Å²) in [4.78, 5) is 11.9. The summed E-state index contributed by atoms with van der Waals surface area (Å²) in [5, 5.41) is 14.0. The van der Waals surface area contributed by atoms with E-state index in [1.807, 2.05) is 31.2 Å². The third-order valence-corrected chi connectivity index (χ3v) is 6.30. The second-order valence-corrected chi connectivity index (χ2v) is 9.06. The molecule has 0 aliphatic carbocycles. The van der Waals surface area contributed by atoms with E-state index < -0.39 is 0 Å². The van der Waals surface area contributed by atoms with Gasteiger partial charge in [0, 0.05) is 37.4 Å². The number of nitrogens with two attached hydrogens (primary N) is 1. The number of hydrogen-bond donors (Lipinski definition) is 3. The van der Waals surface area contributed by atoms with Crippen LogP contribution in [0.25, 0.3) is 11.0 Å². The smallest absolute Gasteiger partial charge is 0.204 e. The maximum atomic E-state index is 10.3. The highest BCUT2D eigenvalue weighted by molar-refractivity contribution is 5.78. The fourth-order valence-corrected chi connectivity index (χ4v) is 4.17. The van der Waals surface area contributed by atoms with Crippen molar-refractivity contribution < 1.29 is 5.11 Å². The van der Waals surface area contributed by atoms with Gasteiger partial charge in [0.2, 0.25) is 5.95 Å². The molecule has 0 radical (unpaired) electrons. The number of benzene rings is 1. The van der Waals surface area contributed by atoms with Gasteiger partial charge in [0.05, 0.1) is 17.6 Å². The Morgan fingerprint density at radius 2 is 1.87 bits per heavy atom. The van der Waals surface area contributed by atoms with Crippen LogP contribution in [0.15, 0.2) is 36.4 Å². The van der Waals surface area contributed by atoms with Gasteiger partial charge < -0.3 is 25.6 Å². The van der Waals surface area contributed by atoms with Crippen LogP contribution < -0.4 is 11.1 Å². The van der Waals surface area contributed by atoms with Crippen molar-refractivity contribution in [2.45, 2.75) is 52.2 Å². The van der Waals surface area contributed by atoms with Crippen LogP contribution >= 0.6 is 0 Å². The summed E-state index contributed by atoms with van der Waals surface area (Å²) >= 11 is 0. The molecular weight excluding hydrogens is 388 g/mol. The average molecular weight is 423 g/mol. The van der Waals surface area contributed by atoms with Crippen molar-refractivity contribution in [2.75, 3.05) is 25.0 Å². The molecule has 166 valence electrons. The lowest BCUT2D eigenvalue weighted by atomic mass is 10.0. The van der Waals surface area contributed by atoms with E-state index in [-0.39, 0.29) is 11.8 Å². The molecule has 7 nitrogen and oxygen atoms in total. The standard InChI is InChI=1S/C24H34N6O/c1-16(2)19(25)14-29-12-10-18(11-13-29)27-24-28-20-6-4-5-7-22(20)30(24)15-21-23(31)9-8-17(3)26-21/h4-9,16,18-19,31H,10-15,25H2,1-3H3,(H,27,28). The van der Waals surface area contributed by atoms with E-state index in [4.69, 9.17) is 10.7 Å². The third kappa shape index (κ3) is 4.99. The molecule has 7 heteroatoms. The van der Waals surface area contributed by atoms with Gasteiger partial charge in [-0.25, -0.2) is 4.98 Å². The van der Waals surface area contributed by atoms with Crippen molar-refractivity contribution in [1.29, 1.82) is 0 Å². The molecule has 1 saturated heterocycles. The lowest BCUT2D eigenvalue weighted by Crippen LogP contribution is -2.46. The number of aryl methyl sites for hydroxylation is 1. The number of anilines is 1. The van der Waals surface area contributed by atoms with Crippen molar-refractivity contribution >= 4 is 17.0 Å². The second-order valence-electron chi connectivity index (χ2n) is 9.06. The number of likely N-dealkylation sites (tertiary alicyclic amines) is 1. The number of aromatic hydroxyl groups is 1. The summed E-state index contributed by atoms with van der Waals surface area (Å²) in [7, 11) is 0. The van der Waals surface area contributed by atoms with Crippen molar-refractivity contribution in [3.05, 3.63) is 47.8 Å². The Bertz CT molecular complexity index is 1020. The van der Waals surface area contributed by atoms with Gasteiger partial charge in [-0.15, -0.1) is 0 Å². The quantitative estimate of drug-likeness (QED) is 0.541. The second kappa shape index (κ2) is 9.24. The Labute approximate surface area is 184 Å². The predicted molar refractivity (Wildman–Crippen MR) is 125 cm³/mol. The number of para-hydroxylation sites is 2. The summed E-state index contributed by atoms with van der Waals surface area (Å²) in [5.74, 6) is 1.55. The Morgan fingerprint density at radius 1 is 1.13 bits per heavy atom. The first-order valence-electron chi connectivity index (χ1n) is 11.3. The molecule has 0 amide bonds. The monoisotopic (exact) mass is 422 g/mol. The molecule has 1 aromatic carbocycles. The van der Waals surface area contributed by atoms with Gasteiger partial charge in [0.15, 0.2) is 0 Å². The van der Waals surface area contributed by atoms with E-state index in [9.17, 15) is 5.11 Å². The lowest BCUT2D eigenvalue weighted by molar-refractivity contribution is 0.194. The van der Waals surface area contributed by atoms with E-state index in [0.717, 1.165) is 55.2 Å². The number of rotatable bonds is 7. The number of nitrogens with zero attached hydrogens (tertiary/aromatic N) is 4. The van der Waals surface area contributed by atoms with Crippen LogP contribution in [0.1, 0.15) is 38.1 Å². The Morgan fingerprint density at radius 3 is 2.61 bits per heavy atom. The van der Waals surface area contributed by atoms with E-state index in [2.05, 4.69) is 39.7 Å². The summed E-state index contributed by atoms with van der Waals surface area (Å²) in [6.07, 6.45) is 2.12. The SMILES string of the molecule is Cc1ccc(O)c(Cn2c(NC3CCN(CC(N)C(C)C)CC3)nc3ccccc32)n1. The molecule has 4 rings (SSSR count). The molecule has 1 aliphatic heterocycles. The predicted octanol–water partition coefficient (Wildman–Crippen LogP) is 3.35. The normalized spacial score (nSPS) is 16.8. The maximum Gasteiger partial charge on any atom is 0.204 e. The molecule has 4 N–H and O–H groups in total. The number of fused-ring (bicyclic) bond motifs is 1. The molecule has 1 atom stereocenters. The van der Waals surface area contributed by atoms with Crippen molar-refractivity contribution in [3.8, 4) is 5.75 Å². The van der Waals surface area contributed by atoms with Crippen molar-refractivity contribution in [3.63, 3.8) is 0 Å². The lowest BCUT2D eigenvalue weighted by Gasteiger charge is -2.34. The van der Waals surface area contributed by atoms with Gasteiger partial charge >= 0.3 is 0 Å². The van der Waals surface area contributed by atoms with Crippen molar-refractivity contribution in [2.24, 2.45) is 11.7 Å². The molecular formula is C24H34N6O. The van der Waals surface area contributed by atoms with Crippen LogP contribution in [0, 0.1) is 12.8 Å². The van der Waals surface area contributed by atoms with Crippen LogP contribution in [0.4, 0.5) is 5.95 Å². The van der Waals surface area contributed by atoms with E-state index in [0.29, 0.717) is 24.2 Å². The first kappa shape index (κ1) is 21.6. The average Bonchev–Trinajstić information content (AvgIpc) is 3.09. The topological polar surface area (TPSA) is 92.2 Å². The molecule has 2 aromatic heterocycles. The minimum Gasteiger partial charge on any atom is -0.506 e. The molecule has 31 heavy (non-hydrogen) atoms. The van der Waals surface area contributed by atoms with E-state index >= 15 is 0 Å². The fourth-order valence-electron chi connectivity index (χ4n) is 4.17. The van der Waals surface area contributed by atoms with Crippen LogP contribution in [0.5, 0.6) is 5.75 Å². The number of aromatic nitrogens is 3. The molecule has 0 saturated carbocycles. The first-order chi connectivity index (χ1) is 14.9. The van der Waals surface area contributed by atoms with Gasteiger partial charge in [-0.2, -0.15) is 0 Å². The third-order valence-electron chi connectivity index (χ3n) is 6.30. The van der Waals surface area contributed by atoms with Gasteiger partial charge in [-0.3, -0.25) is 4.98 Å². The van der Waals surface area contributed by atoms with Gasteiger partial charge in [-0.1, -0.05) is 26.0 Å². The van der Waals surface area contributed by atoms with Crippen LogP contribution in [-0.2, 0) is 6.54 Å². The molecule has 3 heterocycles. The largest absolute Gasteiger partial charge is 0.506 e. The minimum atomic E-state index is 0.212. The first-order valence-corrected chi connectivity index (χ1v) is 11.3. The van der Waals surface area contributed by atoms with Crippen LogP contribution in [0.2, 0.25) is 0 Å². The summed E-state index contributed by atoms with van der Waals surface area (Å²) in [6, 6.07) is 12.2. The van der Waals surface area contributed by atoms with Crippen molar-refractivity contribution in [1.82, 2.24) is 19.4 Å².